The first-order valence-corrected chi connectivity index (χ1v) is 10.7. The summed E-state index contributed by atoms with van der Waals surface area (Å²) in [5.74, 6) is 0.364. The molecule has 2 fully saturated rings. The topological polar surface area (TPSA) is 77.6 Å². The van der Waals surface area contributed by atoms with Crippen molar-refractivity contribution in [1.82, 2.24) is 20.7 Å². The summed E-state index contributed by atoms with van der Waals surface area (Å²) in [6, 6.07) is 15.3. The maximum Gasteiger partial charge on any atom is 0.272 e. The van der Waals surface area contributed by atoms with Crippen molar-refractivity contribution in [1.29, 1.82) is 0 Å². The summed E-state index contributed by atoms with van der Waals surface area (Å²) in [4.78, 5) is 33.9. The van der Waals surface area contributed by atoms with Crippen molar-refractivity contribution in [2.75, 3.05) is 31.1 Å². The maximum absolute atomic E-state index is 13.4. The van der Waals surface area contributed by atoms with Crippen LogP contribution in [0.1, 0.15) is 30.3 Å². The van der Waals surface area contributed by atoms with E-state index in [2.05, 4.69) is 15.8 Å². The van der Waals surface area contributed by atoms with Gasteiger partial charge in [0.25, 0.3) is 5.91 Å². The van der Waals surface area contributed by atoms with E-state index in [-0.39, 0.29) is 23.8 Å². The number of pyridine rings is 1. The van der Waals surface area contributed by atoms with Gasteiger partial charge in [-0.3, -0.25) is 25.4 Å². The van der Waals surface area contributed by atoms with Gasteiger partial charge in [0.1, 0.15) is 5.69 Å². The number of aromatic nitrogens is 1. The molecule has 2 unspecified atom stereocenters. The fourth-order valence-electron chi connectivity index (χ4n) is 4.59. The Morgan fingerprint density at radius 3 is 2.50 bits per heavy atom. The third-order valence-electron chi connectivity index (χ3n) is 6.21. The normalized spacial score (nSPS) is 22.1. The quantitative estimate of drug-likeness (QED) is 0.794. The Balaban J connectivity index is 1.40. The lowest BCUT2D eigenvalue weighted by atomic mass is 9.82. The van der Waals surface area contributed by atoms with Crippen molar-refractivity contribution in [3.63, 3.8) is 0 Å². The second-order valence-electron chi connectivity index (χ2n) is 7.92. The van der Waals surface area contributed by atoms with Gasteiger partial charge in [0.15, 0.2) is 0 Å². The van der Waals surface area contributed by atoms with E-state index in [0.717, 1.165) is 18.5 Å². The molecular formula is C23H29N5O2. The number of hydrogen-bond acceptors (Lipinski definition) is 5. The van der Waals surface area contributed by atoms with E-state index in [1.54, 1.807) is 12.3 Å². The first kappa shape index (κ1) is 20.5. The second kappa shape index (κ2) is 9.36. The molecule has 0 radical (unpaired) electrons. The van der Waals surface area contributed by atoms with E-state index < -0.39 is 0 Å². The Morgan fingerprint density at radius 2 is 1.83 bits per heavy atom. The van der Waals surface area contributed by atoms with Gasteiger partial charge >= 0.3 is 0 Å². The number of carbonyl (C=O) groups is 2. The van der Waals surface area contributed by atoms with Crippen LogP contribution in [0.3, 0.4) is 0 Å². The van der Waals surface area contributed by atoms with Crippen LogP contribution in [0.4, 0.5) is 5.69 Å². The molecule has 2 atom stereocenters. The third kappa shape index (κ3) is 4.22. The number of piperidine rings is 1. The lowest BCUT2D eigenvalue weighted by Gasteiger charge is -2.37. The maximum atomic E-state index is 13.4. The molecule has 4 rings (SSSR count). The standard InChI is InChI=1S/C23H29N5O2/c1-2-28(18-8-4-3-5-9-18)22(29)19-16-25-26-21(19)17-11-14-27(15-12-17)23(30)20-10-6-7-13-24-20/h3-10,13,17,19,21,25-26H,2,11-12,14-16H2,1H3. The van der Waals surface area contributed by atoms with E-state index in [9.17, 15) is 9.59 Å². The fraction of sp³-hybridized carbons (Fsp3) is 0.435. The van der Waals surface area contributed by atoms with Gasteiger partial charge in [-0.05, 0) is 49.9 Å². The summed E-state index contributed by atoms with van der Waals surface area (Å²) < 4.78 is 0. The van der Waals surface area contributed by atoms with Crippen molar-refractivity contribution in [2.45, 2.75) is 25.8 Å². The minimum atomic E-state index is -0.117. The van der Waals surface area contributed by atoms with Crippen molar-refractivity contribution >= 4 is 17.5 Å². The number of rotatable bonds is 5. The molecule has 0 saturated carbocycles. The predicted octanol–water partition coefficient (Wildman–Crippen LogP) is 2.08. The van der Waals surface area contributed by atoms with Gasteiger partial charge in [-0.1, -0.05) is 24.3 Å². The summed E-state index contributed by atoms with van der Waals surface area (Å²) in [7, 11) is 0. The Labute approximate surface area is 177 Å². The second-order valence-corrected chi connectivity index (χ2v) is 7.92. The number of likely N-dealkylation sites (tertiary alicyclic amines) is 1. The highest BCUT2D eigenvalue weighted by molar-refractivity contribution is 5.96. The molecular weight excluding hydrogens is 378 g/mol. The average Bonchev–Trinajstić information content (AvgIpc) is 3.30. The van der Waals surface area contributed by atoms with E-state index in [1.807, 2.05) is 59.2 Å². The van der Waals surface area contributed by atoms with Gasteiger partial charge in [-0.25, -0.2) is 0 Å². The lowest BCUT2D eigenvalue weighted by molar-refractivity contribution is -0.122. The first-order chi connectivity index (χ1) is 14.7. The van der Waals surface area contributed by atoms with Gasteiger partial charge in [0.2, 0.25) is 5.91 Å². The van der Waals surface area contributed by atoms with Crippen LogP contribution in [0.2, 0.25) is 0 Å². The van der Waals surface area contributed by atoms with Gasteiger partial charge in [0, 0.05) is 44.1 Å². The van der Waals surface area contributed by atoms with Gasteiger partial charge in [-0.15, -0.1) is 0 Å². The Kier molecular flexibility index (Phi) is 6.40. The highest BCUT2D eigenvalue weighted by Gasteiger charge is 2.41. The minimum Gasteiger partial charge on any atom is -0.337 e. The summed E-state index contributed by atoms with van der Waals surface area (Å²) >= 11 is 0. The zero-order valence-corrected chi connectivity index (χ0v) is 17.3. The Morgan fingerprint density at radius 1 is 1.10 bits per heavy atom. The van der Waals surface area contributed by atoms with Gasteiger partial charge in [0.05, 0.1) is 5.92 Å². The number of hydrogen-bond donors (Lipinski definition) is 2. The number of carbonyl (C=O) groups excluding carboxylic acids is 2. The number of benzene rings is 1. The molecule has 30 heavy (non-hydrogen) atoms. The molecule has 3 heterocycles. The first-order valence-electron chi connectivity index (χ1n) is 10.7. The minimum absolute atomic E-state index is 0.0135. The average molecular weight is 408 g/mol. The molecule has 1 aromatic carbocycles. The van der Waals surface area contributed by atoms with Crippen molar-refractivity contribution in [3.8, 4) is 0 Å². The predicted molar refractivity (Wildman–Crippen MR) is 116 cm³/mol. The zero-order valence-electron chi connectivity index (χ0n) is 17.3. The summed E-state index contributed by atoms with van der Waals surface area (Å²) in [5.41, 5.74) is 7.98. The van der Waals surface area contributed by atoms with Gasteiger partial charge in [-0.2, -0.15) is 0 Å². The van der Waals surface area contributed by atoms with Crippen LogP contribution < -0.4 is 15.8 Å². The van der Waals surface area contributed by atoms with Crippen molar-refractivity contribution in [3.05, 3.63) is 60.4 Å². The molecule has 0 aliphatic carbocycles. The number of hydrazine groups is 1. The molecule has 0 spiro atoms. The molecule has 2 N–H and O–H groups in total. The van der Waals surface area contributed by atoms with Crippen LogP contribution in [0.25, 0.3) is 0 Å². The molecule has 7 nitrogen and oxygen atoms in total. The van der Waals surface area contributed by atoms with Crippen LogP contribution >= 0.6 is 0 Å². The van der Waals surface area contributed by atoms with Crippen LogP contribution in [-0.4, -0.2) is 53.9 Å². The van der Waals surface area contributed by atoms with Crippen molar-refractivity contribution < 1.29 is 9.59 Å². The molecule has 2 amide bonds. The molecule has 2 aliphatic rings. The van der Waals surface area contributed by atoms with Crippen molar-refractivity contribution in [2.24, 2.45) is 11.8 Å². The monoisotopic (exact) mass is 407 g/mol. The molecule has 2 aliphatic heterocycles. The number of amides is 2. The summed E-state index contributed by atoms with van der Waals surface area (Å²) in [5, 5.41) is 0. The zero-order chi connectivity index (χ0) is 20.9. The summed E-state index contributed by atoms with van der Waals surface area (Å²) in [6.07, 6.45) is 3.40. The molecule has 7 heteroatoms. The fourth-order valence-corrected chi connectivity index (χ4v) is 4.59. The number of nitrogens with zero attached hydrogens (tertiary/aromatic N) is 3. The smallest absolute Gasteiger partial charge is 0.272 e. The highest BCUT2D eigenvalue weighted by Crippen LogP contribution is 2.29. The molecule has 0 bridgehead atoms. The SMILES string of the molecule is CCN(C(=O)C1CNNC1C1CCN(C(=O)c2ccccn2)CC1)c1ccccc1. The lowest BCUT2D eigenvalue weighted by Crippen LogP contribution is -2.49. The van der Waals surface area contributed by atoms with Crippen LogP contribution in [-0.2, 0) is 4.79 Å². The number of nitrogens with one attached hydrogen (secondary N) is 2. The van der Waals surface area contributed by atoms with E-state index in [1.165, 1.54) is 0 Å². The Hall–Kier alpha value is -2.77. The number of anilines is 1. The van der Waals surface area contributed by atoms with E-state index >= 15 is 0 Å². The van der Waals surface area contributed by atoms with Crippen LogP contribution in [0, 0.1) is 11.8 Å². The largest absolute Gasteiger partial charge is 0.337 e. The summed E-state index contributed by atoms with van der Waals surface area (Å²) in [6.45, 7) is 4.66. The highest BCUT2D eigenvalue weighted by atomic mass is 16.2. The van der Waals surface area contributed by atoms with E-state index in [0.29, 0.717) is 37.8 Å². The molecule has 1 aromatic heterocycles. The third-order valence-corrected chi connectivity index (χ3v) is 6.21. The number of para-hydroxylation sites is 1. The van der Waals surface area contributed by atoms with Crippen LogP contribution in [0.5, 0.6) is 0 Å². The van der Waals surface area contributed by atoms with Gasteiger partial charge < -0.3 is 9.80 Å². The molecule has 158 valence electrons. The van der Waals surface area contributed by atoms with Crippen LogP contribution in [0.15, 0.2) is 54.7 Å². The Bertz CT molecular complexity index is 852. The molecule has 2 saturated heterocycles. The molecule has 2 aromatic rings. The van der Waals surface area contributed by atoms with E-state index in [4.69, 9.17) is 0 Å².